The van der Waals surface area contributed by atoms with Crippen molar-refractivity contribution in [3.63, 3.8) is 0 Å². The van der Waals surface area contributed by atoms with Gasteiger partial charge in [-0.2, -0.15) is 4.98 Å². The van der Waals surface area contributed by atoms with Crippen LogP contribution in [0.15, 0.2) is 59.6 Å². The predicted octanol–water partition coefficient (Wildman–Crippen LogP) is 3.94. The van der Waals surface area contributed by atoms with E-state index in [-0.39, 0.29) is 17.0 Å². The Morgan fingerprint density at radius 1 is 1.18 bits per heavy atom. The molecule has 1 aromatic carbocycles. The van der Waals surface area contributed by atoms with Gasteiger partial charge in [-0.15, -0.1) is 0 Å². The topological polar surface area (TPSA) is 108 Å². The van der Waals surface area contributed by atoms with Gasteiger partial charge < -0.3 is 14.6 Å². The highest BCUT2D eigenvalue weighted by Crippen LogP contribution is 2.24. The second-order valence-electron chi connectivity index (χ2n) is 8.51. The Morgan fingerprint density at radius 3 is 2.79 bits per heavy atom. The molecular formula is C24H26N6O3. The number of hydrogen-bond acceptors (Lipinski definition) is 7. The van der Waals surface area contributed by atoms with Crippen molar-refractivity contribution in [3.8, 4) is 23.0 Å². The molecule has 0 aliphatic heterocycles. The van der Waals surface area contributed by atoms with Crippen LogP contribution in [0.3, 0.4) is 0 Å². The number of benzene rings is 1. The first kappa shape index (κ1) is 22.2. The third-order valence-electron chi connectivity index (χ3n) is 4.83. The van der Waals surface area contributed by atoms with Crippen molar-refractivity contribution < 1.29 is 14.1 Å². The van der Waals surface area contributed by atoms with E-state index in [0.717, 1.165) is 16.9 Å². The Kier molecular flexibility index (Phi) is 6.21. The normalized spacial score (nSPS) is 11.4. The molecule has 1 N–H and O–H groups in total. The molecule has 170 valence electrons. The van der Waals surface area contributed by atoms with E-state index in [2.05, 4.69) is 25.4 Å². The minimum absolute atomic E-state index is 0.214. The molecule has 9 nitrogen and oxygen atoms in total. The standard InChI is InChI=1S/C24H26N6O3/c1-5-32-18-8-6-7-16(11-18)13-26-21(31)19-14-30(15-27-19)20-12-17(9-10-25-20)22-28-23(29-33-22)24(2,3)4/h6-12,14-15H,5,13H2,1-4H3,(H,26,31). The van der Waals surface area contributed by atoms with Gasteiger partial charge in [-0.05, 0) is 36.8 Å². The van der Waals surface area contributed by atoms with Crippen LogP contribution < -0.4 is 10.1 Å². The number of carbonyl (C=O) groups excluding carboxylic acids is 1. The van der Waals surface area contributed by atoms with E-state index in [4.69, 9.17) is 9.26 Å². The number of imidazole rings is 1. The highest BCUT2D eigenvalue weighted by molar-refractivity contribution is 5.92. The summed E-state index contributed by atoms with van der Waals surface area (Å²) in [5.41, 5.74) is 1.75. The summed E-state index contributed by atoms with van der Waals surface area (Å²) in [7, 11) is 0. The fourth-order valence-corrected chi connectivity index (χ4v) is 3.09. The van der Waals surface area contributed by atoms with Gasteiger partial charge in [-0.3, -0.25) is 9.36 Å². The molecule has 9 heteroatoms. The maximum absolute atomic E-state index is 12.6. The van der Waals surface area contributed by atoms with Crippen LogP contribution in [0.1, 0.15) is 49.6 Å². The fraction of sp³-hybridized carbons (Fsp3) is 0.292. The van der Waals surface area contributed by atoms with Gasteiger partial charge in [0.25, 0.3) is 11.8 Å². The maximum atomic E-state index is 12.6. The molecule has 4 rings (SSSR count). The molecule has 0 radical (unpaired) electrons. The second kappa shape index (κ2) is 9.23. The lowest BCUT2D eigenvalue weighted by molar-refractivity contribution is 0.0946. The number of hydrogen-bond donors (Lipinski definition) is 1. The molecule has 4 aromatic rings. The summed E-state index contributed by atoms with van der Waals surface area (Å²) in [5.74, 6) is 2.12. The molecule has 0 fully saturated rings. The number of pyridine rings is 1. The summed E-state index contributed by atoms with van der Waals surface area (Å²) in [6.45, 7) is 8.95. The summed E-state index contributed by atoms with van der Waals surface area (Å²) >= 11 is 0. The van der Waals surface area contributed by atoms with Crippen LogP contribution in [0, 0.1) is 0 Å². The van der Waals surface area contributed by atoms with Crippen LogP contribution in [-0.2, 0) is 12.0 Å². The number of rotatable bonds is 7. The van der Waals surface area contributed by atoms with E-state index in [9.17, 15) is 4.79 Å². The van der Waals surface area contributed by atoms with Gasteiger partial charge in [0.2, 0.25) is 0 Å². The van der Waals surface area contributed by atoms with Crippen molar-refractivity contribution >= 4 is 5.91 Å². The van der Waals surface area contributed by atoms with Gasteiger partial charge in [0, 0.05) is 29.9 Å². The van der Waals surface area contributed by atoms with Gasteiger partial charge in [0.1, 0.15) is 23.6 Å². The highest BCUT2D eigenvalue weighted by Gasteiger charge is 2.21. The van der Waals surface area contributed by atoms with E-state index >= 15 is 0 Å². The van der Waals surface area contributed by atoms with E-state index in [1.165, 1.54) is 0 Å². The average molecular weight is 447 g/mol. The number of nitrogens with zero attached hydrogens (tertiary/aromatic N) is 5. The largest absolute Gasteiger partial charge is 0.494 e. The molecule has 0 bridgehead atoms. The third-order valence-corrected chi connectivity index (χ3v) is 4.83. The van der Waals surface area contributed by atoms with E-state index in [1.54, 1.807) is 29.4 Å². The molecule has 33 heavy (non-hydrogen) atoms. The van der Waals surface area contributed by atoms with Crippen molar-refractivity contribution in [2.75, 3.05) is 6.61 Å². The van der Waals surface area contributed by atoms with Crippen molar-refractivity contribution in [1.82, 2.24) is 30.0 Å². The number of ether oxygens (including phenoxy) is 1. The first-order valence-corrected chi connectivity index (χ1v) is 10.7. The molecule has 0 atom stereocenters. The lowest BCUT2D eigenvalue weighted by atomic mass is 9.96. The van der Waals surface area contributed by atoms with Gasteiger partial charge in [0.05, 0.1) is 6.61 Å². The molecule has 0 saturated heterocycles. The summed E-state index contributed by atoms with van der Waals surface area (Å²) in [5, 5.41) is 6.95. The SMILES string of the molecule is CCOc1cccc(CNC(=O)c2cn(-c3cc(-c4nc(C(C)(C)C)no4)ccn3)cn2)c1. The van der Waals surface area contributed by atoms with Crippen molar-refractivity contribution in [2.45, 2.75) is 39.7 Å². The Labute approximate surface area is 191 Å². The zero-order valence-corrected chi connectivity index (χ0v) is 19.1. The number of carbonyl (C=O) groups is 1. The van der Waals surface area contributed by atoms with Gasteiger partial charge in [-0.25, -0.2) is 9.97 Å². The van der Waals surface area contributed by atoms with Crippen LogP contribution in [0.2, 0.25) is 0 Å². The lowest BCUT2D eigenvalue weighted by Gasteiger charge is -2.10. The first-order valence-electron chi connectivity index (χ1n) is 10.7. The number of amides is 1. The predicted molar refractivity (Wildman–Crippen MR) is 122 cm³/mol. The molecule has 3 heterocycles. The van der Waals surface area contributed by atoms with Gasteiger partial charge in [-0.1, -0.05) is 38.1 Å². The first-order chi connectivity index (χ1) is 15.8. The molecular weight excluding hydrogens is 420 g/mol. The van der Waals surface area contributed by atoms with E-state index in [0.29, 0.717) is 30.7 Å². The Hall–Kier alpha value is -4.01. The minimum atomic E-state index is -0.279. The Bertz CT molecular complexity index is 1250. The minimum Gasteiger partial charge on any atom is -0.494 e. The molecule has 0 saturated carbocycles. The second-order valence-corrected chi connectivity index (χ2v) is 8.51. The van der Waals surface area contributed by atoms with Crippen LogP contribution in [0.25, 0.3) is 17.3 Å². The summed E-state index contributed by atoms with van der Waals surface area (Å²) in [6, 6.07) is 11.2. The van der Waals surface area contributed by atoms with E-state index in [1.807, 2.05) is 58.0 Å². The summed E-state index contributed by atoms with van der Waals surface area (Å²) < 4.78 is 12.6. The summed E-state index contributed by atoms with van der Waals surface area (Å²) in [4.78, 5) is 25.7. The average Bonchev–Trinajstić information content (AvgIpc) is 3.48. The molecule has 1 amide bonds. The molecule has 0 aliphatic carbocycles. The molecule has 0 spiro atoms. The van der Waals surface area contributed by atoms with Gasteiger partial charge >= 0.3 is 0 Å². The number of nitrogens with one attached hydrogen (secondary N) is 1. The quantitative estimate of drug-likeness (QED) is 0.458. The molecule has 0 unspecified atom stereocenters. The van der Waals surface area contributed by atoms with Crippen LogP contribution in [-0.4, -0.2) is 37.2 Å². The Balaban J connectivity index is 1.46. The Morgan fingerprint density at radius 2 is 2.03 bits per heavy atom. The fourth-order valence-electron chi connectivity index (χ4n) is 3.09. The van der Waals surface area contributed by atoms with Crippen LogP contribution >= 0.6 is 0 Å². The van der Waals surface area contributed by atoms with Crippen LogP contribution in [0.4, 0.5) is 0 Å². The van der Waals surface area contributed by atoms with Crippen molar-refractivity contribution in [2.24, 2.45) is 0 Å². The maximum Gasteiger partial charge on any atom is 0.271 e. The summed E-state index contributed by atoms with van der Waals surface area (Å²) in [6.07, 6.45) is 4.83. The molecule has 0 aliphatic rings. The third kappa shape index (κ3) is 5.25. The molecule has 3 aromatic heterocycles. The number of aromatic nitrogens is 5. The smallest absolute Gasteiger partial charge is 0.271 e. The van der Waals surface area contributed by atoms with Gasteiger partial charge in [0.15, 0.2) is 5.82 Å². The monoisotopic (exact) mass is 446 g/mol. The lowest BCUT2D eigenvalue weighted by Crippen LogP contribution is -2.23. The van der Waals surface area contributed by atoms with E-state index < -0.39 is 0 Å². The zero-order valence-electron chi connectivity index (χ0n) is 19.1. The zero-order chi connectivity index (χ0) is 23.4. The highest BCUT2D eigenvalue weighted by atomic mass is 16.5. The van der Waals surface area contributed by atoms with Crippen molar-refractivity contribution in [3.05, 3.63) is 72.2 Å². The van der Waals surface area contributed by atoms with Crippen molar-refractivity contribution in [1.29, 1.82) is 0 Å². The van der Waals surface area contributed by atoms with Crippen LogP contribution in [0.5, 0.6) is 5.75 Å².